The van der Waals surface area contributed by atoms with Gasteiger partial charge in [0.1, 0.15) is 24.2 Å². The van der Waals surface area contributed by atoms with Crippen LogP contribution in [0.25, 0.3) is 11.3 Å². The van der Waals surface area contributed by atoms with Crippen LogP contribution in [-0.2, 0) is 9.84 Å². The van der Waals surface area contributed by atoms with Crippen molar-refractivity contribution >= 4 is 9.84 Å². The molecule has 0 amide bonds. The Morgan fingerprint density at radius 2 is 2.09 bits per heavy atom. The van der Waals surface area contributed by atoms with Crippen molar-refractivity contribution in [1.82, 2.24) is 15.3 Å². The Kier molecular flexibility index (Phi) is 5.22. The molecule has 0 saturated carbocycles. The second kappa shape index (κ2) is 6.97. The molecule has 0 atom stereocenters. The average Bonchev–Trinajstić information content (AvgIpc) is 2.47. The van der Waals surface area contributed by atoms with E-state index in [0.717, 1.165) is 18.5 Å². The molecule has 0 aliphatic heterocycles. The largest absolute Gasteiger partial charge is 0.490 e. The number of rotatable bonds is 6. The highest BCUT2D eigenvalue weighted by Gasteiger charge is 2.20. The highest BCUT2D eigenvalue weighted by molar-refractivity contribution is 7.90. The zero-order valence-corrected chi connectivity index (χ0v) is 13.2. The summed E-state index contributed by atoms with van der Waals surface area (Å²) in [5.41, 5.74) is -0.623. The zero-order valence-electron chi connectivity index (χ0n) is 12.4. The maximum atomic E-state index is 14.2. The van der Waals surface area contributed by atoms with Gasteiger partial charge in [0, 0.05) is 19.0 Å². The standard InChI is InChI=1S/C14H14F2N3O3S/c1-17-3-4-22-12-8-18-7-11(16)13(12)14-10(15)5-9(6-19-14)23(2,20)21/h5-6,8,17H,3-4H2,1-2H3. The molecule has 2 heterocycles. The average molecular weight is 342 g/mol. The Hall–Kier alpha value is -2.13. The number of likely N-dealkylation sites (N-methyl/N-ethyl adjacent to an activating group) is 1. The Morgan fingerprint density at radius 3 is 2.70 bits per heavy atom. The van der Waals surface area contributed by atoms with Crippen LogP contribution in [0.2, 0.25) is 0 Å². The van der Waals surface area contributed by atoms with Crippen molar-refractivity contribution in [2.45, 2.75) is 4.90 Å². The Bertz CT molecular complexity index is 813. The van der Waals surface area contributed by atoms with Crippen LogP contribution in [0.4, 0.5) is 8.78 Å². The van der Waals surface area contributed by atoms with Gasteiger partial charge in [-0.1, -0.05) is 0 Å². The number of hydrogen-bond acceptors (Lipinski definition) is 6. The van der Waals surface area contributed by atoms with Crippen LogP contribution in [0, 0.1) is 17.8 Å². The molecule has 2 aromatic rings. The second-order valence-electron chi connectivity index (χ2n) is 4.65. The van der Waals surface area contributed by atoms with E-state index in [2.05, 4.69) is 21.5 Å². The van der Waals surface area contributed by atoms with Gasteiger partial charge in [-0.15, -0.1) is 0 Å². The summed E-state index contributed by atoms with van der Waals surface area (Å²) in [5, 5.41) is 2.84. The third-order valence-electron chi connectivity index (χ3n) is 2.90. The number of aromatic nitrogens is 2. The lowest BCUT2D eigenvalue weighted by molar-refractivity contribution is 0.316. The van der Waals surface area contributed by atoms with Crippen molar-refractivity contribution < 1.29 is 21.9 Å². The quantitative estimate of drug-likeness (QED) is 0.795. The molecule has 123 valence electrons. The van der Waals surface area contributed by atoms with Crippen molar-refractivity contribution in [2.75, 3.05) is 26.5 Å². The van der Waals surface area contributed by atoms with Crippen molar-refractivity contribution in [3.63, 3.8) is 0 Å². The summed E-state index contributed by atoms with van der Waals surface area (Å²) in [5.74, 6) is -1.93. The predicted octanol–water partition coefficient (Wildman–Crippen LogP) is 1.22. The summed E-state index contributed by atoms with van der Waals surface area (Å²) in [6.45, 7) is 0.695. The van der Waals surface area contributed by atoms with E-state index in [1.165, 1.54) is 6.20 Å². The van der Waals surface area contributed by atoms with Crippen molar-refractivity contribution in [2.24, 2.45) is 0 Å². The molecule has 23 heavy (non-hydrogen) atoms. The third kappa shape index (κ3) is 3.99. The summed E-state index contributed by atoms with van der Waals surface area (Å²) in [6, 6.07) is 0.787. The predicted molar refractivity (Wildman–Crippen MR) is 78.8 cm³/mol. The first-order valence-corrected chi connectivity index (χ1v) is 8.43. The molecular formula is C14H14F2N3O3S. The molecule has 0 fully saturated rings. The molecule has 2 rings (SSSR count). The molecular weight excluding hydrogens is 328 g/mol. The second-order valence-corrected chi connectivity index (χ2v) is 6.66. The first-order valence-electron chi connectivity index (χ1n) is 6.54. The first-order chi connectivity index (χ1) is 10.8. The van der Waals surface area contributed by atoms with Gasteiger partial charge >= 0.3 is 0 Å². The number of hydrogen-bond donors (Lipinski definition) is 1. The Labute approximate surface area is 132 Å². The molecule has 0 saturated heterocycles. The van der Waals surface area contributed by atoms with Crippen molar-refractivity contribution in [3.8, 4) is 17.0 Å². The highest BCUT2D eigenvalue weighted by Crippen LogP contribution is 2.32. The van der Waals surface area contributed by atoms with Crippen LogP contribution in [0.3, 0.4) is 0 Å². The smallest absolute Gasteiger partial charge is 0.177 e. The lowest BCUT2D eigenvalue weighted by Crippen LogP contribution is -2.16. The Morgan fingerprint density at radius 1 is 1.35 bits per heavy atom. The summed E-state index contributed by atoms with van der Waals surface area (Å²) < 4.78 is 56.4. The molecule has 1 N–H and O–H groups in total. The summed E-state index contributed by atoms with van der Waals surface area (Å²) >= 11 is 0. The number of sulfone groups is 1. The summed E-state index contributed by atoms with van der Waals surface area (Å²) in [7, 11) is -1.90. The maximum Gasteiger partial charge on any atom is 0.177 e. The molecule has 9 heteroatoms. The van der Waals surface area contributed by atoms with E-state index in [9.17, 15) is 17.2 Å². The van der Waals surface area contributed by atoms with Gasteiger partial charge in [-0.3, -0.25) is 4.98 Å². The van der Waals surface area contributed by atoms with Gasteiger partial charge in [0.25, 0.3) is 0 Å². The van der Waals surface area contributed by atoms with Crippen LogP contribution in [0.15, 0.2) is 23.4 Å². The highest BCUT2D eigenvalue weighted by atomic mass is 32.2. The first kappa shape index (κ1) is 17.2. The van der Waals surface area contributed by atoms with Gasteiger partial charge in [0.15, 0.2) is 21.5 Å². The zero-order chi connectivity index (χ0) is 17.0. The van der Waals surface area contributed by atoms with E-state index in [0.29, 0.717) is 6.54 Å². The molecule has 0 bridgehead atoms. The topological polar surface area (TPSA) is 81.2 Å². The van der Waals surface area contributed by atoms with E-state index >= 15 is 0 Å². The van der Waals surface area contributed by atoms with Gasteiger partial charge in [-0.2, -0.15) is 0 Å². The van der Waals surface area contributed by atoms with Crippen LogP contribution in [0.1, 0.15) is 0 Å². The fourth-order valence-electron chi connectivity index (χ4n) is 1.78. The number of nitrogens with one attached hydrogen (secondary N) is 1. The van der Waals surface area contributed by atoms with Crippen molar-refractivity contribution in [3.05, 3.63) is 36.3 Å². The van der Waals surface area contributed by atoms with Crippen molar-refractivity contribution in [1.29, 1.82) is 0 Å². The molecule has 6 nitrogen and oxygen atoms in total. The molecule has 1 radical (unpaired) electrons. The minimum absolute atomic E-state index is 0.00462. The van der Waals surface area contributed by atoms with Crippen LogP contribution < -0.4 is 10.1 Å². The number of ether oxygens (including phenoxy) is 1. The van der Waals surface area contributed by atoms with E-state index in [1.54, 1.807) is 7.05 Å². The monoisotopic (exact) mass is 342 g/mol. The SMILES string of the molecule is CNCCOc1cn[c]c(F)c1-c1ncc(S(C)(=O)=O)cc1F. The van der Waals surface area contributed by atoms with Gasteiger partial charge in [0.05, 0.1) is 16.7 Å². The van der Waals surface area contributed by atoms with E-state index in [1.807, 2.05) is 0 Å². The van der Waals surface area contributed by atoms with Gasteiger partial charge in [-0.25, -0.2) is 22.2 Å². The minimum Gasteiger partial charge on any atom is -0.490 e. The molecule has 0 aliphatic rings. The van der Waals surface area contributed by atoms with Gasteiger partial charge in [-0.05, 0) is 13.1 Å². The Balaban J connectivity index is 2.49. The number of nitrogens with zero attached hydrogens (tertiary/aromatic N) is 2. The molecule has 0 unspecified atom stereocenters. The molecule has 0 aliphatic carbocycles. The van der Waals surface area contributed by atoms with Crippen LogP contribution in [-0.4, -0.2) is 44.8 Å². The van der Waals surface area contributed by atoms with E-state index < -0.39 is 21.5 Å². The van der Waals surface area contributed by atoms with Gasteiger partial charge < -0.3 is 10.1 Å². The van der Waals surface area contributed by atoms with Crippen LogP contribution >= 0.6 is 0 Å². The lowest BCUT2D eigenvalue weighted by atomic mass is 10.1. The van der Waals surface area contributed by atoms with Crippen LogP contribution in [0.5, 0.6) is 5.75 Å². The fourth-order valence-corrected chi connectivity index (χ4v) is 2.34. The van der Waals surface area contributed by atoms with E-state index in [4.69, 9.17) is 4.74 Å². The minimum atomic E-state index is -3.62. The molecule has 0 spiro atoms. The number of halogens is 2. The fraction of sp³-hybridized carbons (Fsp3) is 0.286. The van der Waals surface area contributed by atoms with Gasteiger partial charge in [0.2, 0.25) is 0 Å². The molecule has 2 aromatic heterocycles. The lowest BCUT2D eigenvalue weighted by Gasteiger charge is -2.12. The third-order valence-corrected chi connectivity index (χ3v) is 3.98. The number of pyridine rings is 2. The van der Waals surface area contributed by atoms with E-state index in [-0.39, 0.29) is 28.5 Å². The normalized spacial score (nSPS) is 11.5. The molecule has 0 aromatic carbocycles. The summed E-state index contributed by atoms with van der Waals surface area (Å²) in [6.07, 6.45) is 5.15. The maximum absolute atomic E-state index is 14.2. The summed E-state index contributed by atoms with van der Waals surface area (Å²) in [4.78, 5) is 6.97.